The second-order valence-electron chi connectivity index (χ2n) is 8.64. The Morgan fingerprint density at radius 2 is 1.88 bits per heavy atom. The Hall–Kier alpha value is -3.04. The van der Waals surface area contributed by atoms with Crippen molar-refractivity contribution in [3.8, 4) is 0 Å². The molecule has 2 aromatic heterocycles. The summed E-state index contributed by atoms with van der Waals surface area (Å²) in [6, 6.07) is 7.63. The van der Waals surface area contributed by atoms with Crippen LogP contribution in [-0.4, -0.2) is 50.2 Å². The number of fused-ring (bicyclic) bond motifs is 3. The molecular formula is C24H33N5O4. The van der Waals surface area contributed by atoms with Gasteiger partial charge in [0, 0.05) is 31.4 Å². The first-order valence-corrected chi connectivity index (χ1v) is 11.4. The molecule has 0 unspecified atom stereocenters. The van der Waals surface area contributed by atoms with Gasteiger partial charge in [-0.25, -0.2) is 9.97 Å². The number of carbonyl (C=O) groups excluding carboxylic acids is 2. The smallest absolute Gasteiger partial charge is 0.227 e. The van der Waals surface area contributed by atoms with Crippen molar-refractivity contribution < 1.29 is 19.4 Å². The summed E-state index contributed by atoms with van der Waals surface area (Å²) in [5, 5.41) is 17.0. The largest absolute Gasteiger partial charge is 0.389 e. The van der Waals surface area contributed by atoms with Crippen molar-refractivity contribution in [2.45, 2.75) is 65.7 Å². The van der Waals surface area contributed by atoms with Crippen molar-refractivity contribution in [3.63, 3.8) is 0 Å². The second-order valence-corrected chi connectivity index (χ2v) is 8.64. The van der Waals surface area contributed by atoms with Crippen LogP contribution in [0.25, 0.3) is 21.9 Å². The van der Waals surface area contributed by atoms with E-state index < -0.39 is 5.60 Å². The summed E-state index contributed by atoms with van der Waals surface area (Å²) in [4.78, 5) is 33.7. The number of carbonyl (C=O) groups is 2. The number of rotatable bonds is 11. The minimum absolute atomic E-state index is 0.0672. The summed E-state index contributed by atoms with van der Waals surface area (Å²) in [6.45, 7) is 8.67. The van der Waals surface area contributed by atoms with Gasteiger partial charge in [0.2, 0.25) is 11.8 Å². The lowest BCUT2D eigenvalue weighted by molar-refractivity contribution is -0.121. The molecule has 0 aliphatic rings. The Labute approximate surface area is 193 Å². The van der Waals surface area contributed by atoms with E-state index in [9.17, 15) is 14.7 Å². The van der Waals surface area contributed by atoms with E-state index in [4.69, 9.17) is 9.72 Å². The molecule has 9 nitrogen and oxygen atoms in total. The van der Waals surface area contributed by atoms with E-state index in [0.717, 1.165) is 17.3 Å². The van der Waals surface area contributed by atoms with Crippen LogP contribution >= 0.6 is 0 Å². The minimum atomic E-state index is -0.987. The highest BCUT2D eigenvalue weighted by atomic mass is 16.5. The van der Waals surface area contributed by atoms with Crippen LogP contribution in [-0.2, 0) is 27.5 Å². The zero-order valence-corrected chi connectivity index (χ0v) is 19.8. The van der Waals surface area contributed by atoms with Crippen molar-refractivity contribution in [1.82, 2.24) is 19.9 Å². The van der Waals surface area contributed by atoms with Gasteiger partial charge in [0.15, 0.2) is 5.82 Å². The number of hydrogen-bond acceptors (Lipinski definition) is 6. The molecule has 178 valence electrons. The maximum Gasteiger partial charge on any atom is 0.227 e. The van der Waals surface area contributed by atoms with Crippen molar-refractivity contribution in [3.05, 3.63) is 30.1 Å². The normalized spacial score (nSPS) is 11.8. The van der Waals surface area contributed by atoms with Crippen LogP contribution < -0.4 is 10.6 Å². The maximum atomic E-state index is 12.6. The molecule has 3 N–H and O–H groups in total. The van der Waals surface area contributed by atoms with Gasteiger partial charge in [-0.1, -0.05) is 25.1 Å². The number of anilines is 1. The molecular weight excluding hydrogens is 422 g/mol. The average molecular weight is 456 g/mol. The zero-order chi connectivity index (χ0) is 24.0. The molecule has 0 spiro atoms. The summed E-state index contributed by atoms with van der Waals surface area (Å²) in [5.41, 5.74) is 1.04. The first kappa shape index (κ1) is 24.6. The van der Waals surface area contributed by atoms with E-state index in [2.05, 4.69) is 15.6 Å². The first-order chi connectivity index (χ1) is 15.7. The summed E-state index contributed by atoms with van der Waals surface area (Å²) in [7, 11) is 0. The molecule has 9 heteroatoms. The number of nitrogens with zero attached hydrogens (tertiary/aromatic N) is 3. The highest BCUT2D eigenvalue weighted by molar-refractivity contribution is 6.09. The highest BCUT2D eigenvalue weighted by Gasteiger charge is 2.23. The van der Waals surface area contributed by atoms with Gasteiger partial charge in [-0.05, 0) is 33.3 Å². The molecule has 3 rings (SSSR count). The summed E-state index contributed by atoms with van der Waals surface area (Å²) in [6.07, 6.45) is 1.33. The Balaban J connectivity index is 2.00. The lowest BCUT2D eigenvalue weighted by Crippen LogP contribution is -2.27. The first-order valence-electron chi connectivity index (χ1n) is 11.4. The number of aliphatic hydroxyl groups is 1. The van der Waals surface area contributed by atoms with Crippen LogP contribution in [0.1, 0.15) is 52.8 Å². The molecule has 0 aliphatic carbocycles. The number of benzene rings is 1. The Bertz CT molecular complexity index is 1130. The fraction of sp³-hybridized carbons (Fsp3) is 0.500. The number of para-hydroxylation sites is 1. The van der Waals surface area contributed by atoms with Crippen LogP contribution in [0.2, 0.25) is 0 Å². The lowest BCUT2D eigenvalue weighted by Gasteiger charge is -2.20. The van der Waals surface area contributed by atoms with Crippen molar-refractivity contribution in [2.75, 3.05) is 18.5 Å². The second kappa shape index (κ2) is 10.7. The Morgan fingerprint density at radius 3 is 2.58 bits per heavy atom. The number of hydrogen-bond donors (Lipinski definition) is 3. The Kier molecular flexibility index (Phi) is 7.99. The highest BCUT2D eigenvalue weighted by Crippen LogP contribution is 2.31. The standard InChI is InChI=1S/C24H33N5O4/c1-5-9-19(30)25-13-12-20(31)28-23-21-22(16-10-7-8-11-17(16)26-23)29(15-24(3,4)32)18(27-21)14-33-6-2/h7-8,10-11,32H,5-6,9,12-15H2,1-4H3,(H,25,30)(H,26,28,31). The van der Waals surface area contributed by atoms with E-state index in [1.807, 2.05) is 42.7 Å². The molecule has 3 aromatic rings. The van der Waals surface area contributed by atoms with Crippen LogP contribution in [0.4, 0.5) is 5.82 Å². The Morgan fingerprint density at radius 1 is 1.12 bits per heavy atom. The van der Waals surface area contributed by atoms with Gasteiger partial charge in [-0.3, -0.25) is 9.59 Å². The molecule has 0 radical (unpaired) electrons. The molecule has 1 aromatic carbocycles. The lowest BCUT2D eigenvalue weighted by atomic mass is 10.1. The summed E-state index contributed by atoms with van der Waals surface area (Å²) in [5.74, 6) is 0.664. The summed E-state index contributed by atoms with van der Waals surface area (Å²) < 4.78 is 7.56. The van der Waals surface area contributed by atoms with E-state index in [0.29, 0.717) is 42.2 Å². The molecule has 2 amide bonds. The van der Waals surface area contributed by atoms with Crippen molar-refractivity contribution in [2.24, 2.45) is 0 Å². The average Bonchev–Trinajstić information content (AvgIpc) is 3.09. The van der Waals surface area contributed by atoms with Gasteiger partial charge in [-0.15, -0.1) is 0 Å². The van der Waals surface area contributed by atoms with Crippen LogP contribution in [0.3, 0.4) is 0 Å². The molecule has 0 saturated heterocycles. The number of nitrogens with one attached hydrogen (secondary N) is 2. The van der Waals surface area contributed by atoms with E-state index >= 15 is 0 Å². The molecule has 0 fully saturated rings. The van der Waals surface area contributed by atoms with Gasteiger partial charge >= 0.3 is 0 Å². The fourth-order valence-electron chi connectivity index (χ4n) is 3.66. The third-order valence-corrected chi connectivity index (χ3v) is 5.05. The van der Waals surface area contributed by atoms with Gasteiger partial charge in [0.05, 0.1) is 23.2 Å². The van der Waals surface area contributed by atoms with E-state index in [1.165, 1.54) is 0 Å². The topological polar surface area (TPSA) is 118 Å². The molecule has 0 aliphatic heterocycles. The SMILES string of the molecule is CCCC(=O)NCCC(=O)Nc1nc2ccccc2c2c1nc(COCC)n2CC(C)(C)O. The van der Waals surface area contributed by atoms with E-state index in [-0.39, 0.29) is 31.4 Å². The van der Waals surface area contributed by atoms with Gasteiger partial charge in [0.1, 0.15) is 17.9 Å². The summed E-state index contributed by atoms with van der Waals surface area (Å²) >= 11 is 0. The number of pyridine rings is 1. The van der Waals surface area contributed by atoms with Gasteiger partial charge < -0.3 is 25.0 Å². The van der Waals surface area contributed by atoms with Crippen LogP contribution in [0.5, 0.6) is 0 Å². The van der Waals surface area contributed by atoms with E-state index in [1.54, 1.807) is 13.8 Å². The van der Waals surface area contributed by atoms with Gasteiger partial charge in [0.25, 0.3) is 0 Å². The molecule has 0 bridgehead atoms. The minimum Gasteiger partial charge on any atom is -0.389 e. The number of aromatic nitrogens is 3. The molecule has 0 atom stereocenters. The van der Waals surface area contributed by atoms with Crippen LogP contribution in [0.15, 0.2) is 24.3 Å². The quantitative estimate of drug-likeness (QED) is 0.409. The van der Waals surface area contributed by atoms with Crippen molar-refractivity contribution >= 4 is 39.6 Å². The van der Waals surface area contributed by atoms with Crippen LogP contribution in [0, 0.1) is 0 Å². The van der Waals surface area contributed by atoms with Gasteiger partial charge in [-0.2, -0.15) is 0 Å². The molecule has 2 heterocycles. The number of amides is 2. The zero-order valence-electron chi connectivity index (χ0n) is 19.8. The van der Waals surface area contributed by atoms with Crippen molar-refractivity contribution in [1.29, 1.82) is 0 Å². The predicted molar refractivity (Wildman–Crippen MR) is 128 cm³/mol. The third kappa shape index (κ3) is 6.27. The molecule has 33 heavy (non-hydrogen) atoms. The third-order valence-electron chi connectivity index (χ3n) is 5.05. The predicted octanol–water partition coefficient (Wildman–Crippen LogP) is 3.14. The molecule has 0 saturated carbocycles. The monoisotopic (exact) mass is 455 g/mol. The fourth-order valence-corrected chi connectivity index (χ4v) is 3.66. The number of ether oxygens (including phenoxy) is 1. The number of imidazole rings is 1. The maximum absolute atomic E-state index is 12.6.